The number of benzene rings is 1. The fraction of sp³-hybridized carbons (Fsp3) is 0.263. The molecule has 3 heterocycles. The lowest BCUT2D eigenvalue weighted by Gasteiger charge is -2.19. The third-order valence-corrected chi connectivity index (χ3v) is 5.10. The average molecular weight is 349 g/mol. The second kappa shape index (κ2) is 5.39. The molecule has 1 N–H and O–H groups in total. The van der Waals surface area contributed by atoms with E-state index < -0.39 is 0 Å². The number of amides is 2. The molecule has 5 rings (SSSR count). The summed E-state index contributed by atoms with van der Waals surface area (Å²) in [6.45, 7) is 3.31. The smallest absolute Gasteiger partial charge is 0.252 e. The van der Waals surface area contributed by atoms with Gasteiger partial charge >= 0.3 is 0 Å². The minimum Gasteiger partial charge on any atom is -0.489 e. The zero-order valence-electron chi connectivity index (χ0n) is 13.8. The van der Waals surface area contributed by atoms with Gasteiger partial charge in [-0.25, -0.2) is 9.98 Å². The molecule has 1 fully saturated rings. The SMILES string of the molecule is C=NC(=O)[C@@H]1[C@H]2Oc3ccc(Oc4ccnc5c4CCC(=O)N5)cc3[C@H]21. The maximum absolute atomic E-state index is 11.8. The van der Waals surface area contributed by atoms with Crippen molar-refractivity contribution in [2.45, 2.75) is 24.9 Å². The number of fused-ring (bicyclic) bond motifs is 4. The van der Waals surface area contributed by atoms with Crippen LogP contribution in [-0.4, -0.2) is 29.6 Å². The Bertz CT molecular complexity index is 971. The first kappa shape index (κ1) is 15.1. The van der Waals surface area contributed by atoms with Crippen molar-refractivity contribution in [3.63, 3.8) is 0 Å². The summed E-state index contributed by atoms with van der Waals surface area (Å²) >= 11 is 0. The number of hydrogen-bond acceptors (Lipinski definition) is 5. The van der Waals surface area contributed by atoms with Crippen molar-refractivity contribution < 1.29 is 19.1 Å². The molecule has 0 saturated heterocycles. The fourth-order valence-corrected chi connectivity index (χ4v) is 3.78. The lowest BCUT2D eigenvalue weighted by Crippen LogP contribution is -2.20. The van der Waals surface area contributed by atoms with Gasteiger partial charge in [0.25, 0.3) is 5.91 Å². The summed E-state index contributed by atoms with van der Waals surface area (Å²) in [5.74, 6) is 2.18. The van der Waals surface area contributed by atoms with E-state index in [1.807, 2.05) is 18.2 Å². The number of carbonyl (C=O) groups is 2. The molecule has 0 unspecified atom stereocenters. The lowest BCUT2D eigenvalue weighted by atomic mass is 10.1. The Morgan fingerprint density at radius 1 is 1.35 bits per heavy atom. The van der Waals surface area contributed by atoms with Crippen LogP contribution in [0.1, 0.15) is 23.5 Å². The number of pyridine rings is 1. The van der Waals surface area contributed by atoms with Crippen LogP contribution >= 0.6 is 0 Å². The van der Waals surface area contributed by atoms with Crippen LogP contribution in [-0.2, 0) is 16.0 Å². The number of nitrogens with zero attached hydrogens (tertiary/aromatic N) is 2. The van der Waals surface area contributed by atoms with Crippen molar-refractivity contribution in [1.29, 1.82) is 0 Å². The molecule has 26 heavy (non-hydrogen) atoms. The molecule has 1 aliphatic carbocycles. The first-order valence-electron chi connectivity index (χ1n) is 8.42. The van der Waals surface area contributed by atoms with Gasteiger partial charge in [0.1, 0.15) is 29.2 Å². The molecule has 0 radical (unpaired) electrons. The summed E-state index contributed by atoms with van der Waals surface area (Å²) < 4.78 is 11.9. The number of carbonyl (C=O) groups excluding carboxylic acids is 2. The fourth-order valence-electron chi connectivity index (χ4n) is 3.78. The minimum absolute atomic E-state index is 0.0252. The molecule has 0 bridgehead atoms. The monoisotopic (exact) mass is 349 g/mol. The van der Waals surface area contributed by atoms with Crippen molar-refractivity contribution in [2.75, 3.05) is 5.32 Å². The maximum atomic E-state index is 11.8. The summed E-state index contributed by atoms with van der Waals surface area (Å²) in [5.41, 5.74) is 1.85. The first-order valence-corrected chi connectivity index (χ1v) is 8.42. The highest BCUT2D eigenvalue weighted by Crippen LogP contribution is 2.59. The van der Waals surface area contributed by atoms with Gasteiger partial charge in [-0.15, -0.1) is 0 Å². The van der Waals surface area contributed by atoms with E-state index in [2.05, 4.69) is 22.0 Å². The molecular weight excluding hydrogens is 334 g/mol. The highest BCUT2D eigenvalue weighted by atomic mass is 16.5. The van der Waals surface area contributed by atoms with Gasteiger partial charge in [0.05, 0.1) is 5.92 Å². The second-order valence-electron chi connectivity index (χ2n) is 6.62. The van der Waals surface area contributed by atoms with Crippen molar-refractivity contribution >= 4 is 24.3 Å². The normalized spacial score (nSPS) is 24.5. The Morgan fingerprint density at radius 3 is 3.08 bits per heavy atom. The van der Waals surface area contributed by atoms with Gasteiger partial charge < -0.3 is 14.8 Å². The first-order chi connectivity index (χ1) is 12.7. The third-order valence-electron chi connectivity index (χ3n) is 5.10. The van der Waals surface area contributed by atoms with Crippen LogP contribution in [0.2, 0.25) is 0 Å². The molecule has 2 aliphatic heterocycles. The number of nitrogens with one attached hydrogen (secondary N) is 1. The van der Waals surface area contributed by atoms with Crippen LogP contribution in [0.15, 0.2) is 35.5 Å². The highest BCUT2D eigenvalue weighted by Gasteiger charge is 2.62. The Morgan fingerprint density at radius 2 is 2.23 bits per heavy atom. The maximum Gasteiger partial charge on any atom is 0.252 e. The van der Waals surface area contributed by atoms with Crippen LogP contribution < -0.4 is 14.8 Å². The summed E-state index contributed by atoms with van der Waals surface area (Å²) in [6, 6.07) is 7.38. The molecule has 130 valence electrons. The van der Waals surface area contributed by atoms with E-state index in [1.165, 1.54) is 0 Å². The zero-order chi connectivity index (χ0) is 17.8. The van der Waals surface area contributed by atoms with Gasteiger partial charge in [0, 0.05) is 29.7 Å². The molecule has 2 amide bonds. The van der Waals surface area contributed by atoms with E-state index in [0.717, 1.165) is 16.9 Å². The molecule has 1 saturated carbocycles. The van der Waals surface area contributed by atoms with E-state index in [-0.39, 0.29) is 29.8 Å². The average Bonchev–Trinajstić information content (AvgIpc) is 3.24. The van der Waals surface area contributed by atoms with E-state index in [0.29, 0.717) is 30.2 Å². The molecular formula is C19H15N3O4. The molecule has 2 aromatic rings. The van der Waals surface area contributed by atoms with Crippen LogP contribution in [0.4, 0.5) is 5.82 Å². The number of hydrogen-bond donors (Lipinski definition) is 1. The molecule has 3 atom stereocenters. The van der Waals surface area contributed by atoms with E-state index in [1.54, 1.807) is 12.3 Å². The molecule has 7 heteroatoms. The van der Waals surface area contributed by atoms with Gasteiger partial charge in [0.15, 0.2) is 0 Å². The van der Waals surface area contributed by atoms with Gasteiger partial charge in [-0.1, -0.05) is 0 Å². The van der Waals surface area contributed by atoms with Crippen molar-refractivity contribution in [2.24, 2.45) is 10.9 Å². The molecule has 7 nitrogen and oxygen atoms in total. The van der Waals surface area contributed by atoms with Crippen LogP contribution in [0, 0.1) is 5.92 Å². The van der Waals surface area contributed by atoms with Gasteiger partial charge in [-0.05, 0) is 37.4 Å². The van der Waals surface area contributed by atoms with E-state index in [4.69, 9.17) is 9.47 Å². The Labute approximate surface area is 149 Å². The van der Waals surface area contributed by atoms with Crippen LogP contribution in [0.3, 0.4) is 0 Å². The third kappa shape index (κ3) is 2.20. The number of anilines is 1. The lowest BCUT2D eigenvalue weighted by molar-refractivity contribution is -0.119. The largest absolute Gasteiger partial charge is 0.489 e. The Kier molecular flexibility index (Phi) is 3.12. The van der Waals surface area contributed by atoms with Crippen LogP contribution in [0.25, 0.3) is 0 Å². The number of ether oxygens (including phenoxy) is 2. The summed E-state index contributed by atoms with van der Waals surface area (Å²) in [5, 5.41) is 2.76. The molecule has 0 spiro atoms. The molecule has 3 aliphatic rings. The van der Waals surface area contributed by atoms with Crippen molar-refractivity contribution in [3.8, 4) is 17.2 Å². The van der Waals surface area contributed by atoms with Crippen molar-refractivity contribution in [3.05, 3.63) is 41.6 Å². The van der Waals surface area contributed by atoms with Crippen LogP contribution in [0.5, 0.6) is 17.2 Å². The zero-order valence-corrected chi connectivity index (χ0v) is 13.8. The molecule has 1 aromatic carbocycles. The summed E-state index contributed by atoms with van der Waals surface area (Å²) in [4.78, 5) is 31.0. The Hall–Kier alpha value is -3.22. The summed E-state index contributed by atoms with van der Waals surface area (Å²) in [6.07, 6.45) is 2.47. The van der Waals surface area contributed by atoms with Gasteiger partial charge in [-0.2, -0.15) is 0 Å². The second-order valence-corrected chi connectivity index (χ2v) is 6.62. The predicted octanol–water partition coefficient (Wildman–Crippen LogP) is 2.46. The van der Waals surface area contributed by atoms with E-state index in [9.17, 15) is 9.59 Å². The standard InChI is InChI=1S/C19H15N3O4/c1-20-19(24)16-15-11-8-9(2-4-12(11)26-17(15)16)25-13-6-7-21-18-10(13)3-5-14(23)22-18/h2,4,6-8,15-17H,1,3,5H2,(H,21,22,23)/t15-,16-,17-/m0/s1. The topological polar surface area (TPSA) is 89.9 Å². The minimum atomic E-state index is -0.237. The molecule has 1 aromatic heterocycles. The summed E-state index contributed by atoms with van der Waals surface area (Å²) in [7, 11) is 0. The number of rotatable bonds is 3. The van der Waals surface area contributed by atoms with Gasteiger partial charge in [0.2, 0.25) is 5.91 Å². The quantitative estimate of drug-likeness (QED) is 0.860. The predicted molar refractivity (Wildman–Crippen MR) is 92.9 cm³/mol. The number of aromatic nitrogens is 1. The number of aliphatic imine (C=N–C) groups is 1. The Balaban J connectivity index is 1.43. The van der Waals surface area contributed by atoms with E-state index >= 15 is 0 Å². The van der Waals surface area contributed by atoms with Crippen molar-refractivity contribution in [1.82, 2.24) is 4.98 Å². The van der Waals surface area contributed by atoms with Gasteiger partial charge in [-0.3, -0.25) is 9.59 Å². The highest BCUT2D eigenvalue weighted by molar-refractivity contribution is 5.93.